The minimum atomic E-state index is 0.111. The average molecular weight is 310 g/mol. The maximum absolute atomic E-state index is 12.8. The summed E-state index contributed by atoms with van der Waals surface area (Å²) in [7, 11) is 0. The normalized spacial score (nSPS) is 24.3. The van der Waals surface area contributed by atoms with E-state index in [-0.39, 0.29) is 5.91 Å². The molecule has 2 aliphatic rings. The van der Waals surface area contributed by atoms with Gasteiger partial charge in [-0.15, -0.1) is 0 Å². The summed E-state index contributed by atoms with van der Waals surface area (Å²) in [5, 5.41) is 7.81. The van der Waals surface area contributed by atoms with Crippen molar-refractivity contribution in [3.05, 3.63) is 48.3 Å². The van der Waals surface area contributed by atoms with Gasteiger partial charge in [-0.2, -0.15) is 5.10 Å². The molecule has 2 aromatic rings. The summed E-state index contributed by atoms with van der Waals surface area (Å²) in [4.78, 5) is 14.8. The maximum atomic E-state index is 12.8. The Morgan fingerprint density at radius 2 is 1.78 bits per heavy atom. The van der Waals surface area contributed by atoms with E-state index in [0.29, 0.717) is 5.56 Å². The predicted octanol–water partition coefficient (Wildman–Crippen LogP) is 1.94. The van der Waals surface area contributed by atoms with Crippen molar-refractivity contribution >= 4 is 5.91 Å². The number of aromatic nitrogens is 2. The quantitative estimate of drug-likeness (QED) is 0.922. The molecule has 0 aliphatic carbocycles. The summed E-state index contributed by atoms with van der Waals surface area (Å²) in [5.74, 6) is 1.58. The topological polar surface area (TPSA) is 50.2 Å². The Morgan fingerprint density at radius 1 is 1.09 bits per heavy atom. The molecule has 5 nitrogen and oxygen atoms in total. The molecule has 0 bridgehead atoms. The van der Waals surface area contributed by atoms with Gasteiger partial charge in [0, 0.05) is 19.3 Å². The fourth-order valence-corrected chi connectivity index (χ4v) is 3.76. The standard InChI is InChI=1S/C18H22N4O/c23-18(21-8-6-14-10-19-11-15(14)7-9-21)16-12-20-22(13-16)17-4-2-1-3-5-17/h1-5,12-15,19H,6-11H2/t14-,15+. The van der Waals surface area contributed by atoms with Gasteiger partial charge in [0.2, 0.25) is 0 Å². The van der Waals surface area contributed by atoms with Crippen LogP contribution in [0.3, 0.4) is 0 Å². The number of carbonyl (C=O) groups is 1. The molecule has 5 heteroatoms. The number of para-hydroxylation sites is 1. The average Bonchev–Trinajstić information content (AvgIpc) is 3.21. The second-order valence-corrected chi connectivity index (χ2v) is 6.56. The van der Waals surface area contributed by atoms with Crippen molar-refractivity contribution in [2.24, 2.45) is 11.8 Å². The van der Waals surface area contributed by atoms with Gasteiger partial charge in [0.25, 0.3) is 5.91 Å². The van der Waals surface area contributed by atoms with Gasteiger partial charge in [-0.05, 0) is 49.9 Å². The zero-order valence-electron chi connectivity index (χ0n) is 13.2. The monoisotopic (exact) mass is 310 g/mol. The number of likely N-dealkylation sites (tertiary alicyclic amines) is 1. The number of carbonyl (C=O) groups excluding carboxylic acids is 1. The van der Waals surface area contributed by atoms with Crippen LogP contribution < -0.4 is 5.32 Å². The summed E-state index contributed by atoms with van der Waals surface area (Å²) >= 11 is 0. The first kappa shape index (κ1) is 14.5. The van der Waals surface area contributed by atoms with Gasteiger partial charge in [-0.1, -0.05) is 18.2 Å². The number of fused-ring (bicyclic) bond motifs is 1. The summed E-state index contributed by atoms with van der Waals surface area (Å²) in [6.07, 6.45) is 5.74. The second-order valence-electron chi connectivity index (χ2n) is 6.56. The van der Waals surface area contributed by atoms with Crippen molar-refractivity contribution in [1.82, 2.24) is 20.0 Å². The smallest absolute Gasteiger partial charge is 0.257 e. The maximum Gasteiger partial charge on any atom is 0.257 e. The van der Waals surface area contributed by atoms with Crippen molar-refractivity contribution in [3.8, 4) is 5.69 Å². The van der Waals surface area contributed by atoms with Crippen molar-refractivity contribution < 1.29 is 4.79 Å². The molecule has 1 aromatic heterocycles. The number of hydrogen-bond acceptors (Lipinski definition) is 3. The van der Waals surface area contributed by atoms with Crippen molar-refractivity contribution in [2.75, 3.05) is 26.2 Å². The fraction of sp³-hybridized carbons (Fsp3) is 0.444. The molecule has 120 valence electrons. The van der Waals surface area contributed by atoms with Crippen molar-refractivity contribution in [2.45, 2.75) is 12.8 Å². The summed E-state index contributed by atoms with van der Waals surface area (Å²) in [6, 6.07) is 9.89. The molecular weight excluding hydrogens is 288 g/mol. The van der Waals surface area contributed by atoms with Gasteiger partial charge >= 0.3 is 0 Å². The van der Waals surface area contributed by atoms with Crippen LogP contribution in [0.1, 0.15) is 23.2 Å². The lowest BCUT2D eigenvalue weighted by Gasteiger charge is -2.20. The van der Waals surface area contributed by atoms with Crippen LogP contribution in [-0.4, -0.2) is 46.8 Å². The minimum Gasteiger partial charge on any atom is -0.339 e. The van der Waals surface area contributed by atoms with Crippen molar-refractivity contribution in [3.63, 3.8) is 0 Å². The predicted molar refractivity (Wildman–Crippen MR) is 88.6 cm³/mol. The number of benzene rings is 1. The molecule has 0 saturated carbocycles. The zero-order valence-corrected chi connectivity index (χ0v) is 13.2. The number of amides is 1. The highest BCUT2D eigenvalue weighted by atomic mass is 16.2. The van der Waals surface area contributed by atoms with Gasteiger partial charge in [0.05, 0.1) is 17.4 Å². The van der Waals surface area contributed by atoms with Crippen LogP contribution in [0.15, 0.2) is 42.7 Å². The summed E-state index contributed by atoms with van der Waals surface area (Å²) in [6.45, 7) is 3.94. The summed E-state index contributed by atoms with van der Waals surface area (Å²) in [5.41, 5.74) is 1.65. The number of nitrogens with zero attached hydrogens (tertiary/aromatic N) is 3. The Morgan fingerprint density at radius 3 is 2.48 bits per heavy atom. The van der Waals surface area contributed by atoms with Gasteiger partial charge < -0.3 is 10.2 Å². The molecule has 1 N–H and O–H groups in total. The number of nitrogens with one attached hydrogen (secondary N) is 1. The first-order valence-electron chi connectivity index (χ1n) is 8.41. The second kappa shape index (κ2) is 6.16. The van der Waals surface area contributed by atoms with Crippen LogP contribution >= 0.6 is 0 Å². The molecule has 23 heavy (non-hydrogen) atoms. The molecule has 1 aromatic carbocycles. The number of rotatable bonds is 2. The highest BCUT2D eigenvalue weighted by Crippen LogP contribution is 2.27. The lowest BCUT2D eigenvalue weighted by atomic mass is 9.92. The van der Waals surface area contributed by atoms with Gasteiger partial charge in [0.15, 0.2) is 0 Å². The molecule has 4 rings (SSSR count). The van der Waals surface area contributed by atoms with Gasteiger partial charge in [0.1, 0.15) is 0 Å². The van der Waals surface area contributed by atoms with E-state index in [0.717, 1.165) is 56.5 Å². The highest BCUT2D eigenvalue weighted by Gasteiger charge is 2.31. The SMILES string of the molecule is O=C(c1cnn(-c2ccccc2)c1)N1CC[C@@H]2CNC[C@@H]2CC1. The Bertz CT molecular complexity index is 667. The molecule has 0 spiro atoms. The van der Waals surface area contributed by atoms with Crippen molar-refractivity contribution in [1.29, 1.82) is 0 Å². The van der Waals surface area contributed by atoms with E-state index >= 15 is 0 Å². The Labute approximate surface area is 136 Å². The Kier molecular flexibility index (Phi) is 3.87. The van der Waals surface area contributed by atoms with Crippen LogP contribution in [-0.2, 0) is 0 Å². The molecule has 2 aliphatic heterocycles. The van der Waals surface area contributed by atoms with E-state index in [1.807, 2.05) is 41.4 Å². The fourth-order valence-electron chi connectivity index (χ4n) is 3.76. The van der Waals surface area contributed by atoms with Crippen LogP contribution in [0.5, 0.6) is 0 Å². The van der Waals surface area contributed by atoms with Crippen LogP contribution in [0.25, 0.3) is 5.69 Å². The molecule has 2 fully saturated rings. The third kappa shape index (κ3) is 2.88. The van der Waals surface area contributed by atoms with Crippen LogP contribution in [0.4, 0.5) is 0 Å². The third-order valence-corrected chi connectivity index (χ3v) is 5.16. The van der Waals surface area contributed by atoms with E-state index in [4.69, 9.17) is 0 Å². The first-order chi connectivity index (χ1) is 11.3. The minimum absolute atomic E-state index is 0.111. The molecule has 1 amide bonds. The third-order valence-electron chi connectivity index (χ3n) is 5.16. The van der Waals surface area contributed by atoms with E-state index in [1.165, 1.54) is 0 Å². The van der Waals surface area contributed by atoms with Gasteiger partial charge in [-0.3, -0.25) is 4.79 Å². The highest BCUT2D eigenvalue weighted by molar-refractivity contribution is 5.93. The summed E-state index contributed by atoms with van der Waals surface area (Å²) < 4.78 is 1.77. The Hall–Kier alpha value is -2.14. The zero-order chi connectivity index (χ0) is 15.6. The van der Waals surface area contributed by atoms with E-state index in [9.17, 15) is 4.79 Å². The van der Waals surface area contributed by atoms with Gasteiger partial charge in [-0.25, -0.2) is 4.68 Å². The largest absolute Gasteiger partial charge is 0.339 e. The lowest BCUT2D eigenvalue weighted by Crippen LogP contribution is -2.32. The molecule has 2 saturated heterocycles. The molecule has 3 heterocycles. The van der Waals surface area contributed by atoms with E-state index in [1.54, 1.807) is 10.9 Å². The molecular formula is C18H22N4O. The lowest BCUT2D eigenvalue weighted by molar-refractivity contribution is 0.0758. The number of hydrogen-bond donors (Lipinski definition) is 1. The van der Waals surface area contributed by atoms with E-state index in [2.05, 4.69) is 10.4 Å². The molecule has 0 radical (unpaired) electrons. The van der Waals surface area contributed by atoms with Crippen LogP contribution in [0, 0.1) is 11.8 Å². The molecule has 2 atom stereocenters. The molecule has 0 unspecified atom stereocenters. The first-order valence-corrected chi connectivity index (χ1v) is 8.41. The Balaban J connectivity index is 1.48. The van der Waals surface area contributed by atoms with Crippen LogP contribution in [0.2, 0.25) is 0 Å². The van der Waals surface area contributed by atoms with E-state index < -0.39 is 0 Å².